The molecular weight excluding hydrogens is 354 g/mol. The number of nitrogens with zero attached hydrogens (tertiary/aromatic N) is 2. The number of carbonyl (C=O) groups is 1. The molecule has 5 heteroatoms. The third kappa shape index (κ3) is 4.13. The lowest BCUT2D eigenvalue weighted by Gasteiger charge is -2.06. The quantitative estimate of drug-likeness (QED) is 0.764. The van der Waals surface area contributed by atoms with Crippen LogP contribution in [0.2, 0.25) is 0 Å². The Morgan fingerprint density at radius 3 is 2.78 bits per heavy atom. The van der Waals surface area contributed by atoms with Crippen molar-refractivity contribution in [1.82, 2.24) is 15.3 Å². The van der Waals surface area contributed by atoms with E-state index in [9.17, 15) is 4.79 Å². The number of amides is 1. The predicted molar refractivity (Wildman–Crippen MR) is 94.0 cm³/mol. The maximum absolute atomic E-state index is 12.1. The maximum atomic E-state index is 12.1. The lowest BCUT2D eigenvalue weighted by molar-refractivity contribution is -0.120. The van der Waals surface area contributed by atoms with E-state index in [0.29, 0.717) is 13.0 Å². The van der Waals surface area contributed by atoms with Gasteiger partial charge in [-0.2, -0.15) is 0 Å². The van der Waals surface area contributed by atoms with E-state index >= 15 is 0 Å². The SMILES string of the molecule is Cc1cnc2ccc(CC(=O)NCc3ccc(Br)cn3)cc2c1. The topological polar surface area (TPSA) is 54.9 Å². The van der Waals surface area contributed by atoms with E-state index in [1.807, 2.05) is 43.5 Å². The summed E-state index contributed by atoms with van der Waals surface area (Å²) in [5.41, 5.74) is 3.87. The molecule has 4 nitrogen and oxygen atoms in total. The molecule has 1 N–H and O–H groups in total. The molecule has 0 saturated carbocycles. The molecule has 0 aliphatic carbocycles. The van der Waals surface area contributed by atoms with E-state index in [1.165, 1.54) is 0 Å². The normalized spacial score (nSPS) is 10.7. The number of nitrogens with one attached hydrogen (secondary N) is 1. The second-order valence-corrected chi connectivity index (χ2v) is 6.38. The van der Waals surface area contributed by atoms with Gasteiger partial charge in [-0.3, -0.25) is 14.8 Å². The van der Waals surface area contributed by atoms with Crippen LogP contribution in [-0.2, 0) is 17.8 Å². The van der Waals surface area contributed by atoms with Gasteiger partial charge < -0.3 is 5.32 Å². The number of rotatable bonds is 4. The van der Waals surface area contributed by atoms with Gasteiger partial charge in [0.15, 0.2) is 0 Å². The largest absolute Gasteiger partial charge is 0.350 e. The van der Waals surface area contributed by atoms with Gasteiger partial charge in [0.1, 0.15) is 0 Å². The number of halogens is 1. The van der Waals surface area contributed by atoms with Crippen LogP contribution in [0.3, 0.4) is 0 Å². The summed E-state index contributed by atoms with van der Waals surface area (Å²) in [6, 6.07) is 11.8. The fourth-order valence-corrected chi connectivity index (χ4v) is 2.58. The summed E-state index contributed by atoms with van der Waals surface area (Å²) in [4.78, 5) is 20.7. The van der Waals surface area contributed by atoms with Gasteiger partial charge in [-0.1, -0.05) is 6.07 Å². The van der Waals surface area contributed by atoms with Crippen molar-refractivity contribution >= 4 is 32.7 Å². The zero-order valence-corrected chi connectivity index (χ0v) is 14.3. The Kier molecular flexibility index (Phi) is 4.67. The van der Waals surface area contributed by atoms with Crippen LogP contribution in [0.15, 0.2) is 53.3 Å². The standard InChI is InChI=1S/C18H16BrN3O/c1-12-6-14-7-13(2-5-17(14)21-9-12)8-18(23)22-11-16-4-3-15(19)10-20-16/h2-7,9-10H,8,11H2,1H3,(H,22,23). The number of carbonyl (C=O) groups excluding carboxylic acids is 1. The summed E-state index contributed by atoms with van der Waals surface area (Å²) in [5, 5.41) is 3.95. The Bertz CT molecular complexity index is 847. The van der Waals surface area contributed by atoms with E-state index in [1.54, 1.807) is 6.20 Å². The summed E-state index contributed by atoms with van der Waals surface area (Å²) < 4.78 is 0.924. The van der Waals surface area contributed by atoms with Crippen molar-refractivity contribution in [2.24, 2.45) is 0 Å². The van der Waals surface area contributed by atoms with Crippen LogP contribution >= 0.6 is 15.9 Å². The Balaban J connectivity index is 1.64. The predicted octanol–water partition coefficient (Wildman–Crippen LogP) is 3.56. The van der Waals surface area contributed by atoms with E-state index in [-0.39, 0.29) is 5.91 Å². The van der Waals surface area contributed by atoms with Gasteiger partial charge in [-0.25, -0.2) is 0 Å². The van der Waals surface area contributed by atoms with Gasteiger partial charge in [0.25, 0.3) is 0 Å². The summed E-state index contributed by atoms with van der Waals surface area (Å²) in [7, 11) is 0. The molecule has 1 amide bonds. The Morgan fingerprint density at radius 2 is 2.00 bits per heavy atom. The van der Waals surface area contributed by atoms with Crippen LogP contribution in [0.1, 0.15) is 16.8 Å². The molecule has 1 aromatic carbocycles. The number of hydrogen-bond acceptors (Lipinski definition) is 3. The first-order valence-corrected chi connectivity index (χ1v) is 8.12. The number of benzene rings is 1. The number of aromatic nitrogens is 2. The number of hydrogen-bond donors (Lipinski definition) is 1. The zero-order valence-electron chi connectivity index (χ0n) is 12.7. The van der Waals surface area contributed by atoms with Gasteiger partial charge in [-0.05, 0) is 64.3 Å². The highest BCUT2D eigenvalue weighted by molar-refractivity contribution is 9.10. The van der Waals surface area contributed by atoms with Crippen LogP contribution in [0.4, 0.5) is 0 Å². The molecule has 0 fully saturated rings. The molecule has 0 bridgehead atoms. The van der Waals surface area contributed by atoms with Gasteiger partial charge in [0.05, 0.1) is 24.2 Å². The third-order valence-corrected chi connectivity index (χ3v) is 3.97. The van der Waals surface area contributed by atoms with Crippen molar-refractivity contribution in [3.05, 3.63) is 70.1 Å². The molecule has 23 heavy (non-hydrogen) atoms. The average Bonchev–Trinajstić information content (AvgIpc) is 2.54. The van der Waals surface area contributed by atoms with Crippen molar-refractivity contribution in [3.63, 3.8) is 0 Å². The summed E-state index contributed by atoms with van der Waals surface area (Å²) in [5.74, 6) is -0.0188. The second-order valence-electron chi connectivity index (χ2n) is 5.46. The average molecular weight is 370 g/mol. The number of fused-ring (bicyclic) bond motifs is 1. The smallest absolute Gasteiger partial charge is 0.224 e. The molecule has 0 saturated heterocycles. The molecule has 0 aliphatic heterocycles. The minimum Gasteiger partial charge on any atom is -0.350 e. The summed E-state index contributed by atoms with van der Waals surface area (Å²) in [6.07, 6.45) is 3.92. The fourth-order valence-electron chi connectivity index (χ4n) is 2.35. The van der Waals surface area contributed by atoms with Crippen LogP contribution in [0, 0.1) is 6.92 Å². The lowest BCUT2D eigenvalue weighted by atomic mass is 10.1. The molecule has 3 aromatic rings. The Labute approximate surface area is 143 Å². The number of pyridine rings is 2. The molecule has 0 aliphatic rings. The molecule has 0 spiro atoms. The Morgan fingerprint density at radius 1 is 1.13 bits per heavy atom. The minimum absolute atomic E-state index is 0.0188. The van der Waals surface area contributed by atoms with Crippen LogP contribution < -0.4 is 5.32 Å². The molecule has 3 rings (SSSR count). The van der Waals surface area contributed by atoms with Gasteiger partial charge in [0, 0.05) is 22.3 Å². The van der Waals surface area contributed by atoms with Gasteiger partial charge in [0.2, 0.25) is 5.91 Å². The first kappa shape index (κ1) is 15.6. The van der Waals surface area contributed by atoms with Crippen molar-refractivity contribution < 1.29 is 4.79 Å². The van der Waals surface area contributed by atoms with Crippen molar-refractivity contribution in [2.45, 2.75) is 19.9 Å². The van der Waals surface area contributed by atoms with E-state index in [4.69, 9.17) is 0 Å². The molecule has 116 valence electrons. The number of aryl methyl sites for hydroxylation is 1. The molecule has 0 atom stereocenters. The van der Waals surface area contributed by atoms with Crippen molar-refractivity contribution in [1.29, 1.82) is 0 Å². The van der Waals surface area contributed by atoms with Crippen molar-refractivity contribution in [3.8, 4) is 0 Å². The van der Waals surface area contributed by atoms with E-state index in [0.717, 1.165) is 32.2 Å². The van der Waals surface area contributed by atoms with Crippen LogP contribution in [0.5, 0.6) is 0 Å². The van der Waals surface area contributed by atoms with E-state index in [2.05, 4.69) is 37.3 Å². The van der Waals surface area contributed by atoms with Crippen LogP contribution in [0.25, 0.3) is 10.9 Å². The van der Waals surface area contributed by atoms with E-state index < -0.39 is 0 Å². The van der Waals surface area contributed by atoms with Crippen molar-refractivity contribution in [2.75, 3.05) is 0 Å². The monoisotopic (exact) mass is 369 g/mol. The maximum Gasteiger partial charge on any atom is 0.224 e. The molecule has 0 unspecified atom stereocenters. The zero-order chi connectivity index (χ0) is 16.2. The summed E-state index contributed by atoms with van der Waals surface area (Å²) in [6.45, 7) is 2.44. The first-order valence-electron chi connectivity index (χ1n) is 7.32. The third-order valence-electron chi connectivity index (χ3n) is 3.50. The first-order chi connectivity index (χ1) is 11.1. The molecule has 2 heterocycles. The van der Waals surface area contributed by atoms with Gasteiger partial charge >= 0.3 is 0 Å². The summed E-state index contributed by atoms with van der Waals surface area (Å²) >= 11 is 3.34. The highest BCUT2D eigenvalue weighted by Crippen LogP contribution is 2.15. The molecule has 0 radical (unpaired) electrons. The van der Waals surface area contributed by atoms with Crippen LogP contribution in [-0.4, -0.2) is 15.9 Å². The van der Waals surface area contributed by atoms with Gasteiger partial charge in [-0.15, -0.1) is 0 Å². The minimum atomic E-state index is -0.0188. The highest BCUT2D eigenvalue weighted by atomic mass is 79.9. The second kappa shape index (κ2) is 6.87. The molecule has 2 aromatic heterocycles. The highest BCUT2D eigenvalue weighted by Gasteiger charge is 2.05. The Hall–Kier alpha value is -2.27. The molecular formula is C18H16BrN3O. The fraction of sp³-hybridized carbons (Fsp3) is 0.167. The lowest BCUT2D eigenvalue weighted by Crippen LogP contribution is -2.24.